The molecule has 2 atom stereocenters. The van der Waals surface area contributed by atoms with Crippen LogP contribution < -0.4 is 0 Å². The van der Waals surface area contributed by atoms with Crippen LogP contribution in [-0.4, -0.2) is 29.5 Å². The zero-order chi connectivity index (χ0) is 19.8. The molecule has 0 heterocycles. The summed E-state index contributed by atoms with van der Waals surface area (Å²) < 4.78 is 6.56. The lowest BCUT2D eigenvalue weighted by Gasteiger charge is -2.36. The van der Waals surface area contributed by atoms with Gasteiger partial charge in [0.25, 0.3) is 0 Å². The van der Waals surface area contributed by atoms with E-state index in [2.05, 4.69) is 36.4 Å². The number of rotatable bonds is 9. The molecule has 2 N–H and O–H groups in total. The first-order valence-electron chi connectivity index (χ1n) is 9.76. The molecule has 0 saturated carbocycles. The highest BCUT2D eigenvalue weighted by Crippen LogP contribution is 2.40. The molecule has 3 heteroatoms. The van der Waals surface area contributed by atoms with Crippen molar-refractivity contribution >= 4 is 0 Å². The van der Waals surface area contributed by atoms with Crippen LogP contribution in [0, 0.1) is 5.92 Å². The van der Waals surface area contributed by atoms with E-state index in [4.69, 9.17) is 4.74 Å². The van der Waals surface area contributed by atoms with Crippen molar-refractivity contribution in [1.29, 1.82) is 0 Å². The van der Waals surface area contributed by atoms with Crippen molar-refractivity contribution in [2.75, 3.05) is 13.2 Å². The molecule has 0 bridgehead atoms. The molecule has 146 valence electrons. The monoisotopic (exact) mass is 376 g/mol. The topological polar surface area (TPSA) is 49.7 Å². The Labute approximate surface area is 167 Å². The van der Waals surface area contributed by atoms with Gasteiger partial charge in [-0.1, -0.05) is 97.9 Å². The van der Waals surface area contributed by atoms with Gasteiger partial charge in [-0.2, -0.15) is 0 Å². The number of hydrogen-bond donors (Lipinski definition) is 2. The Morgan fingerprint density at radius 2 is 1.14 bits per heavy atom. The largest absolute Gasteiger partial charge is 0.396 e. The summed E-state index contributed by atoms with van der Waals surface area (Å²) in [6.45, 7) is 2.14. The molecule has 0 unspecified atom stereocenters. The highest BCUT2D eigenvalue weighted by molar-refractivity contribution is 5.47. The predicted molar refractivity (Wildman–Crippen MR) is 112 cm³/mol. The van der Waals surface area contributed by atoms with Crippen LogP contribution in [0.3, 0.4) is 0 Å². The number of ether oxygens (including phenoxy) is 1. The lowest BCUT2D eigenvalue weighted by atomic mass is 9.80. The Bertz CT molecular complexity index is 722. The van der Waals surface area contributed by atoms with Crippen LogP contribution in [0.1, 0.15) is 30.0 Å². The third-order valence-corrected chi connectivity index (χ3v) is 5.02. The minimum Gasteiger partial charge on any atom is -0.396 e. The molecule has 0 spiro atoms. The zero-order valence-corrected chi connectivity index (χ0v) is 16.2. The maximum atomic E-state index is 10.5. The van der Waals surface area contributed by atoms with Crippen molar-refractivity contribution in [3.63, 3.8) is 0 Å². The number of aliphatic hydroxyl groups is 2. The molecule has 3 aromatic rings. The summed E-state index contributed by atoms with van der Waals surface area (Å²) in [7, 11) is 0. The van der Waals surface area contributed by atoms with Gasteiger partial charge in [0.15, 0.2) is 0 Å². The fourth-order valence-electron chi connectivity index (χ4n) is 3.60. The summed E-state index contributed by atoms with van der Waals surface area (Å²) in [6, 6.07) is 30.3. The number of aliphatic hydroxyl groups excluding tert-OH is 2. The maximum absolute atomic E-state index is 10.5. The van der Waals surface area contributed by atoms with Crippen molar-refractivity contribution in [3.8, 4) is 0 Å². The van der Waals surface area contributed by atoms with E-state index < -0.39 is 11.7 Å². The number of benzene rings is 3. The van der Waals surface area contributed by atoms with Gasteiger partial charge in [0.1, 0.15) is 5.60 Å². The van der Waals surface area contributed by atoms with Crippen molar-refractivity contribution in [3.05, 3.63) is 108 Å². The van der Waals surface area contributed by atoms with E-state index in [1.807, 2.05) is 61.5 Å². The molecule has 0 aliphatic rings. The van der Waals surface area contributed by atoms with E-state index in [1.54, 1.807) is 0 Å². The van der Waals surface area contributed by atoms with Crippen molar-refractivity contribution < 1.29 is 14.9 Å². The Hall–Kier alpha value is -2.46. The van der Waals surface area contributed by atoms with Gasteiger partial charge in [0.05, 0.1) is 12.7 Å². The smallest absolute Gasteiger partial charge is 0.143 e. The Morgan fingerprint density at radius 3 is 1.50 bits per heavy atom. The second-order valence-corrected chi connectivity index (χ2v) is 7.27. The molecular weight excluding hydrogens is 348 g/mol. The summed E-state index contributed by atoms with van der Waals surface area (Å²) in [5, 5.41) is 19.8. The van der Waals surface area contributed by atoms with Gasteiger partial charge >= 0.3 is 0 Å². The SMILES string of the molecule is C[C@H](CO)C[C@@H](O)COC(c1ccccc1)(c1ccccc1)c1ccccc1. The van der Waals surface area contributed by atoms with Gasteiger partial charge in [-0.15, -0.1) is 0 Å². The summed E-state index contributed by atoms with van der Waals surface area (Å²) >= 11 is 0. The Kier molecular flexibility index (Phi) is 6.99. The van der Waals surface area contributed by atoms with Gasteiger partial charge < -0.3 is 14.9 Å². The van der Waals surface area contributed by atoms with Gasteiger partial charge in [0, 0.05) is 6.61 Å². The van der Waals surface area contributed by atoms with Crippen LogP contribution in [-0.2, 0) is 10.3 Å². The molecule has 0 fully saturated rings. The fraction of sp³-hybridized carbons (Fsp3) is 0.280. The van der Waals surface area contributed by atoms with Crippen LogP contribution in [0.2, 0.25) is 0 Å². The summed E-state index contributed by atoms with van der Waals surface area (Å²) in [5.74, 6) is 0.0261. The molecule has 0 aliphatic carbocycles. The highest BCUT2D eigenvalue weighted by Gasteiger charge is 2.38. The molecule has 0 amide bonds. The Morgan fingerprint density at radius 1 is 0.750 bits per heavy atom. The van der Waals surface area contributed by atoms with Gasteiger partial charge in [-0.3, -0.25) is 0 Å². The minimum atomic E-state index is -0.826. The van der Waals surface area contributed by atoms with E-state index in [0.717, 1.165) is 16.7 Å². The summed E-state index contributed by atoms with van der Waals surface area (Å²) in [6.07, 6.45) is -0.164. The van der Waals surface area contributed by atoms with E-state index >= 15 is 0 Å². The summed E-state index contributed by atoms with van der Waals surface area (Å²) in [4.78, 5) is 0. The van der Waals surface area contributed by atoms with E-state index in [9.17, 15) is 10.2 Å². The molecule has 0 radical (unpaired) electrons. The van der Waals surface area contributed by atoms with E-state index in [-0.39, 0.29) is 19.1 Å². The number of hydrogen-bond acceptors (Lipinski definition) is 3. The van der Waals surface area contributed by atoms with E-state index in [1.165, 1.54) is 0 Å². The normalized spacial score (nSPS) is 13.8. The molecule has 0 saturated heterocycles. The van der Waals surface area contributed by atoms with Crippen LogP contribution in [0.5, 0.6) is 0 Å². The molecule has 3 nitrogen and oxygen atoms in total. The molecule has 0 aliphatic heterocycles. The molecular formula is C25H28O3. The van der Waals surface area contributed by atoms with Crippen LogP contribution >= 0.6 is 0 Å². The first-order valence-corrected chi connectivity index (χ1v) is 9.76. The minimum absolute atomic E-state index is 0.0261. The zero-order valence-electron chi connectivity index (χ0n) is 16.2. The second-order valence-electron chi connectivity index (χ2n) is 7.27. The highest BCUT2D eigenvalue weighted by atomic mass is 16.5. The fourth-order valence-corrected chi connectivity index (χ4v) is 3.60. The second kappa shape index (κ2) is 9.65. The average Bonchev–Trinajstić information content (AvgIpc) is 2.76. The third-order valence-electron chi connectivity index (χ3n) is 5.02. The van der Waals surface area contributed by atoms with Crippen LogP contribution in [0.15, 0.2) is 91.0 Å². The van der Waals surface area contributed by atoms with Gasteiger partial charge in [0.2, 0.25) is 0 Å². The molecule has 28 heavy (non-hydrogen) atoms. The average molecular weight is 376 g/mol. The van der Waals surface area contributed by atoms with Crippen molar-refractivity contribution in [2.45, 2.75) is 25.0 Å². The van der Waals surface area contributed by atoms with Crippen molar-refractivity contribution in [1.82, 2.24) is 0 Å². The lowest BCUT2D eigenvalue weighted by molar-refractivity contribution is -0.0452. The standard InChI is InChI=1S/C25H28O3/c1-20(18-26)17-24(27)19-28-25(21-11-5-2-6-12-21,22-13-7-3-8-14-22)23-15-9-4-10-16-23/h2-16,20,24,26-27H,17-19H2,1H3/t20-,24+/m0/s1. The predicted octanol–water partition coefficient (Wildman–Crippen LogP) is 4.37. The lowest BCUT2D eigenvalue weighted by Crippen LogP contribution is -2.36. The molecule has 3 aromatic carbocycles. The quantitative estimate of drug-likeness (QED) is 0.545. The maximum Gasteiger partial charge on any atom is 0.143 e. The first-order chi connectivity index (χ1) is 13.7. The Balaban J connectivity index is 2.06. The van der Waals surface area contributed by atoms with Crippen LogP contribution in [0.4, 0.5) is 0 Å². The summed E-state index contributed by atoms with van der Waals surface area (Å²) in [5.41, 5.74) is 2.20. The third kappa shape index (κ3) is 4.50. The van der Waals surface area contributed by atoms with Gasteiger partial charge in [-0.25, -0.2) is 0 Å². The van der Waals surface area contributed by atoms with Crippen molar-refractivity contribution in [2.24, 2.45) is 5.92 Å². The van der Waals surface area contributed by atoms with E-state index in [0.29, 0.717) is 6.42 Å². The van der Waals surface area contributed by atoms with Gasteiger partial charge in [-0.05, 0) is 29.0 Å². The van der Waals surface area contributed by atoms with Crippen LogP contribution in [0.25, 0.3) is 0 Å². The first kappa shape index (κ1) is 20.3. The molecule has 3 rings (SSSR count). The molecule has 0 aromatic heterocycles.